The Labute approximate surface area is 131 Å². The SMILES string of the molecule is ClCc1nc2ccc(Br)cc2n1C1C2C3CCC(C3)C21. The van der Waals surface area contributed by atoms with E-state index in [1.807, 2.05) is 0 Å². The Morgan fingerprint density at radius 1 is 1.25 bits per heavy atom. The van der Waals surface area contributed by atoms with Crippen LogP contribution in [0.15, 0.2) is 22.7 Å². The fourth-order valence-electron chi connectivity index (χ4n) is 5.17. The van der Waals surface area contributed by atoms with E-state index in [1.54, 1.807) is 0 Å². The Hall–Kier alpha value is -0.540. The lowest BCUT2D eigenvalue weighted by molar-refractivity contribution is 0.454. The monoisotopic (exact) mass is 350 g/mol. The van der Waals surface area contributed by atoms with Crippen LogP contribution in [0.1, 0.15) is 31.1 Å². The highest BCUT2D eigenvalue weighted by Crippen LogP contribution is 2.72. The maximum absolute atomic E-state index is 6.17. The second-order valence-electron chi connectivity index (χ2n) is 6.64. The van der Waals surface area contributed by atoms with Gasteiger partial charge < -0.3 is 4.57 Å². The topological polar surface area (TPSA) is 17.8 Å². The average molecular weight is 352 g/mol. The van der Waals surface area contributed by atoms with Gasteiger partial charge in [-0.1, -0.05) is 15.9 Å². The molecule has 0 spiro atoms. The summed E-state index contributed by atoms with van der Waals surface area (Å²) in [6.45, 7) is 0. The molecule has 4 unspecified atom stereocenters. The van der Waals surface area contributed by atoms with E-state index in [4.69, 9.17) is 16.6 Å². The molecule has 0 amide bonds. The van der Waals surface area contributed by atoms with Crippen molar-refractivity contribution in [2.24, 2.45) is 23.7 Å². The molecule has 0 radical (unpaired) electrons. The molecule has 20 heavy (non-hydrogen) atoms. The van der Waals surface area contributed by atoms with Gasteiger partial charge in [-0.25, -0.2) is 4.98 Å². The van der Waals surface area contributed by atoms with Crippen molar-refractivity contribution in [3.8, 4) is 0 Å². The molecule has 3 fully saturated rings. The van der Waals surface area contributed by atoms with Crippen molar-refractivity contribution in [1.29, 1.82) is 0 Å². The van der Waals surface area contributed by atoms with E-state index in [1.165, 1.54) is 24.8 Å². The number of hydrogen-bond acceptors (Lipinski definition) is 1. The minimum atomic E-state index is 0.511. The minimum absolute atomic E-state index is 0.511. The predicted octanol–water partition coefficient (Wildman–Crippen LogP) is 4.75. The molecule has 3 aliphatic rings. The first-order valence-corrected chi connectivity index (χ1v) is 8.83. The Bertz CT molecular complexity index is 694. The zero-order chi connectivity index (χ0) is 13.4. The Kier molecular flexibility index (Phi) is 2.42. The third-order valence-corrected chi connectivity index (χ3v) is 6.57. The number of imidazole rings is 1. The molecular formula is C16H16BrClN2. The number of benzene rings is 1. The zero-order valence-corrected chi connectivity index (χ0v) is 13.4. The van der Waals surface area contributed by atoms with Gasteiger partial charge in [-0.15, -0.1) is 11.6 Å². The molecule has 1 aromatic heterocycles. The van der Waals surface area contributed by atoms with E-state index >= 15 is 0 Å². The second kappa shape index (κ2) is 4.01. The van der Waals surface area contributed by atoms with Crippen molar-refractivity contribution in [2.45, 2.75) is 31.2 Å². The van der Waals surface area contributed by atoms with Crippen LogP contribution in [0.5, 0.6) is 0 Å². The van der Waals surface area contributed by atoms with Crippen molar-refractivity contribution < 1.29 is 0 Å². The summed E-state index contributed by atoms with van der Waals surface area (Å²) in [5.41, 5.74) is 2.34. The minimum Gasteiger partial charge on any atom is -0.323 e. The Balaban J connectivity index is 1.67. The number of alkyl halides is 1. The largest absolute Gasteiger partial charge is 0.323 e. The van der Waals surface area contributed by atoms with Gasteiger partial charge in [0.2, 0.25) is 0 Å². The highest BCUT2D eigenvalue weighted by Gasteiger charge is 2.66. The smallest absolute Gasteiger partial charge is 0.125 e. The number of aromatic nitrogens is 2. The van der Waals surface area contributed by atoms with Gasteiger partial charge in [0.15, 0.2) is 0 Å². The summed E-state index contributed by atoms with van der Waals surface area (Å²) >= 11 is 9.76. The van der Waals surface area contributed by atoms with E-state index in [-0.39, 0.29) is 0 Å². The predicted molar refractivity (Wildman–Crippen MR) is 83.8 cm³/mol. The van der Waals surface area contributed by atoms with Crippen molar-refractivity contribution in [3.05, 3.63) is 28.5 Å². The number of nitrogens with zero attached hydrogens (tertiary/aromatic N) is 2. The normalized spacial score (nSPS) is 37.6. The highest BCUT2D eigenvalue weighted by atomic mass is 79.9. The molecule has 104 valence electrons. The molecule has 0 aliphatic heterocycles. The van der Waals surface area contributed by atoms with Gasteiger partial charge in [0, 0.05) is 10.5 Å². The average Bonchev–Trinajstić information content (AvgIpc) is 2.80. The molecule has 0 saturated heterocycles. The van der Waals surface area contributed by atoms with Crippen LogP contribution in [-0.2, 0) is 5.88 Å². The van der Waals surface area contributed by atoms with Gasteiger partial charge in [-0.3, -0.25) is 0 Å². The summed E-state index contributed by atoms with van der Waals surface area (Å²) in [6, 6.07) is 7.04. The van der Waals surface area contributed by atoms with Crippen LogP contribution >= 0.6 is 27.5 Å². The standard InChI is InChI=1S/C16H16BrClN2/c17-10-3-4-11-12(6-10)20(13(7-18)19-11)16-14-8-1-2-9(5-8)15(14)16/h3-4,6,8-9,14-16H,1-2,5,7H2. The third-order valence-electron chi connectivity index (χ3n) is 5.84. The van der Waals surface area contributed by atoms with E-state index in [9.17, 15) is 0 Å². The van der Waals surface area contributed by atoms with Crippen LogP contribution in [0, 0.1) is 23.7 Å². The zero-order valence-electron chi connectivity index (χ0n) is 11.1. The van der Waals surface area contributed by atoms with Crippen LogP contribution in [0.4, 0.5) is 0 Å². The lowest BCUT2D eigenvalue weighted by atomic mass is 10.0. The van der Waals surface area contributed by atoms with Crippen LogP contribution in [0.2, 0.25) is 0 Å². The van der Waals surface area contributed by atoms with Crippen LogP contribution in [-0.4, -0.2) is 9.55 Å². The van der Waals surface area contributed by atoms with Crippen molar-refractivity contribution in [1.82, 2.24) is 9.55 Å². The number of halogens is 2. The summed E-state index contributed by atoms with van der Waals surface area (Å²) in [4.78, 5) is 4.74. The molecule has 3 aliphatic carbocycles. The Morgan fingerprint density at radius 3 is 2.70 bits per heavy atom. The van der Waals surface area contributed by atoms with E-state index < -0.39 is 0 Å². The molecule has 0 N–H and O–H groups in total. The Morgan fingerprint density at radius 2 is 2.00 bits per heavy atom. The van der Waals surface area contributed by atoms with E-state index in [0.717, 1.165) is 39.5 Å². The van der Waals surface area contributed by atoms with Crippen molar-refractivity contribution >= 4 is 38.6 Å². The maximum atomic E-state index is 6.17. The van der Waals surface area contributed by atoms with Gasteiger partial charge in [-0.05, 0) is 61.1 Å². The summed E-state index contributed by atoms with van der Waals surface area (Å²) in [5, 5.41) is 0. The fraction of sp³-hybridized carbons (Fsp3) is 0.562. The first-order valence-electron chi connectivity index (χ1n) is 7.50. The quantitative estimate of drug-likeness (QED) is 0.714. The lowest BCUT2D eigenvalue weighted by Gasteiger charge is -2.13. The van der Waals surface area contributed by atoms with Gasteiger partial charge in [0.25, 0.3) is 0 Å². The second-order valence-corrected chi connectivity index (χ2v) is 7.83. The number of hydrogen-bond donors (Lipinski definition) is 0. The molecule has 3 saturated carbocycles. The molecule has 2 nitrogen and oxygen atoms in total. The van der Waals surface area contributed by atoms with E-state index in [2.05, 4.69) is 38.7 Å². The summed E-state index contributed by atoms with van der Waals surface area (Å²) in [6.07, 6.45) is 4.39. The van der Waals surface area contributed by atoms with Gasteiger partial charge in [-0.2, -0.15) is 0 Å². The van der Waals surface area contributed by atoms with Gasteiger partial charge >= 0.3 is 0 Å². The van der Waals surface area contributed by atoms with Crippen LogP contribution in [0.25, 0.3) is 11.0 Å². The molecule has 2 bridgehead atoms. The summed E-state index contributed by atoms with van der Waals surface area (Å²) in [5.74, 6) is 5.33. The molecule has 2 aromatic rings. The van der Waals surface area contributed by atoms with Gasteiger partial charge in [0.1, 0.15) is 5.82 Å². The molecule has 4 atom stereocenters. The first-order chi connectivity index (χ1) is 9.78. The molecule has 5 rings (SSSR count). The molecular weight excluding hydrogens is 336 g/mol. The van der Waals surface area contributed by atoms with Crippen LogP contribution in [0.3, 0.4) is 0 Å². The third kappa shape index (κ3) is 1.43. The molecule has 4 heteroatoms. The van der Waals surface area contributed by atoms with Crippen molar-refractivity contribution in [3.63, 3.8) is 0 Å². The maximum Gasteiger partial charge on any atom is 0.125 e. The van der Waals surface area contributed by atoms with Crippen molar-refractivity contribution in [2.75, 3.05) is 0 Å². The van der Waals surface area contributed by atoms with E-state index in [0.29, 0.717) is 11.9 Å². The fourth-order valence-corrected chi connectivity index (χ4v) is 5.70. The highest BCUT2D eigenvalue weighted by molar-refractivity contribution is 9.10. The van der Waals surface area contributed by atoms with Crippen LogP contribution < -0.4 is 0 Å². The lowest BCUT2D eigenvalue weighted by Crippen LogP contribution is -2.07. The summed E-state index contributed by atoms with van der Waals surface area (Å²) < 4.78 is 3.59. The molecule has 1 aromatic carbocycles. The van der Waals surface area contributed by atoms with Gasteiger partial charge in [0.05, 0.1) is 16.9 Å². The summed E-state index contributed by atoms with van der Waals surface area (Å²) in [7, 11) is 0. The number of rotatable bonds is 2. The number of fused-ring (bicyclic) bond motifs is 6. The first kappa shape index (κ1) is 12.0. The molecule has 1 heterocycles.